The number of imidazole rings is 1. The highest BCUT2D eigenvalue weighted by Crippen LogP contribution is 2.43. The Bertz CT molecular complexity index is 829. The van der Waals surface area contributed by atoms with E-state index in [1.807, 2.05) is 0 Å². The number of nitrogens with two attached hydrogens (primary N) is 1. The molecule has 3 heterocycles. The molecule has 6 N–H and O–H groups in total. The van der Waals surface area contributed by atoms with Crippen LogP contribution in [0.4, 0.5) is 5.95 Å². The number of aromatic amines is 1. The molecule has 3 atom stereocenters. The first-order chi connectivity index (χ1) is 10.8. The molecule has 1 fully saturated rings. The zero-order valence-corrected chi connectivity index (χ0v) is 12.5. The summed E-state index contributed by atoms with van der Waals surface area (Å²) in [6.07, 6.45) is -1.42. The maximum absolute atomic E-state index is 11.7. The number of hydrogen-bond acceptors (Lipinski definition) is 8. The van der Waals surface area contributed by atoms with Crippen LogP contribution in [0.1, 0.15) is 12.6 Å². The second-order valence-electron chi connectivity index (χ2n) is 4.96. The molecule has 3 unspecified atom stereocenters. The van der Waals surface area contributed by atoms with E-state index in [1.165, 1.54) is 10.9 Å². The van der Waals surface area contributed by atoms with Crippen LogP contribution < -0.4 is 11.3 Å². The highest BCUT2D eigenvalue weighted by Gasteiger charge is 2.40. The summed E-state index contributed by atoms with van der Waals surface area (Å²) in [6, 6.07) is 0. The van der Waals surface area contributed by atoms with Gasteiger partial charge in [-0.05, 0) is 0 Å². The number of phosphoric ester groups is 1. The highest BCUT2D eigenvalue weighted by atomic mass is 31.2. The molecule has 1 aliphatic rings. The lowest BCUT2D eigenvalue weighted by Gasteiger charge is -2.16. The Balaban J connectivity index is 1.94. The molecule has 0 spiro atoms. The molecule has 23 heavy (non-hydrogen) atoms. The molecule has 0 saturated carbocycles. The molecule has 13 heteroatoms. The third kappa shape index (κ3) is 3.13. The number of nitrogen functional groups attached to an aromatic ring is 1. The Kier molecular flexibility index (Phi) is 3.96. The third-order valence-corrected chi connectivity index (χ3v) is 3.94. The second kappa shape index (κ2) is 5.67. The molecule has 1 aliphatic heterocycles. The fourth-order valence-corrected chi connectivity index (χ4v) is 3.05. The molecule has 0 amide bonds. The van der Waals surface area contributed by atoms with Crippen LogP contribution in [0, 0.1) is 0 Å². The summed E-state index contributed by atoms with van der Waals surface area (Å²) in [5.41, 5.74) is 5.18. The number of hydrogen-bond donors (Lipinski definition) is 5. The summed E-state index contributed by atoms with van der Waals surface area (Å²) in [7, 11) is -4.74. The lowest BCUT2D eigenvalue weighted by Crippen LogP contribution is -2.26. The molecule has 0 bridgehead atoms. The fourth-order valence-electron chi connectivity index (χ4n) is 2.48. The fraction of sp³-hybridized carbons (Fsp3) is 0.500. The van der Waals surface area contributed by atoms with Crippen LogP contribution in [0.25, 0.3) is 11.2 Å². The molecule has 2 aromatic heterocycles. The van der Waals surface area contributed by atoms with Gasteiger partial charge in [0, 0.05) is 6.42 Å². The van der Waals surface area contributed by atoms with E-state index in [1.54, 1.807) is 0 Å². The van der Waals surface area contributed by atoms with Gasteiger partial charge in [-0.2, -0.15) is 4.98 Å². The van der Waals surface area contributed by atoms with Gasteiger partial charge in [-0.3, -0.25) is 18.9 Å². The summed E-state index contributed by atoms with van der Waals surface area (Å²) >= 11 is 0. The highest BCUT2D eigenvalue weighted by molar-refractivity contribution is 7.46. The summed E-state index contributed by atoms with van der Waals surface area (Å²) in [6.45, 7) is -0.496. The van der Waals surface area contributed by atoms with E-state index in [0.717, 1.165) is 0 Å². The molecular weight excluding hydrogens is 333 g/mol. The molecule has 12 nitrogen and oxygen atoms in total. The third-order valence-electron chi connectivity index (χ3n) is 3.39. The minimum Gasteiger partial charge on any atom is -0.394 e. The first kappa shape index (κ1) is 16.1. The van der Waals surface area contributed by atoms with Gasteiger partial charge in [0.05, 0.1) is 12.9 Å². The first-order valence-corrected chi connectivity index (χ1v) is 8.04. The van der Waals surface area contributed by atoms with Crippen LogP contribution in [-0.4, -0.2) is 53.2 Å². The van der Waals surface area contributed by atoms with Crippen molar-refractivity contribution in [2.45, 2.75) is 24.9 Å². The molecule has 0 radical (unpaired) electrons. The van der Waals surface area contributed by atoms with E-state index < -0.39 is 38.4 Å². The number of nitrogens with one attached hydrogen (secondary N) is 1. The van der Waals surface area contributed by atoms with Crippen molar-refractivity contribution in [3.8, 4) is 0 Å². The molecule has 2 aromatic rings. The van der Waals surface area contributed by atoms with E-state index in [9.17, 15) is 14.5 Å². The van der Waals surface area contributed by atoms with E-state index in [2.05, 4.69) is 19.5 Å². The van der Waals surface area contributed by atoms with Crippen molar-refractivity contribution >= 4 is 24.9 Å². The predicted octanol–water partition coefficient (Wildman–Crippen LogP) is -1.54. The average molecular weight is 347 g/mol. The number of fused-ring (bicyclic) bond motifs is 1. The first-order valence-electron chi connectivity index (χ1n) is 6.51. The minimum absolute atomic E-state index is 0.0240. The van der Waals surface area contributed by atoms with Gasteiger partial charge in [-0.25, -0.2) is 9.55 Å². The molecule has 0 aromatic carbocycles. The summed E-state index contributed by atoms with van der Waals surface area (Å²) in [5.74, 6) is -0.107. The molecule has 0 aliphatic carbocycles. The van der Waals surface area contributed by atoms with Gasteiger partial charge in [0.1, 0.15) is 18.4 Å². The Morgan fingerprint density at radius 1 is 1.57 bits per heavy atom. The Morgan fingerprint density at radius 3 is 2.96 bits per heavy atom. The normalized spacial score (nSPS) is 25.3. The van der Waals surface area contributed by atoms with Crippen molar-refractivity contribution in [3.63, 3.8) is 0 Å². The maximum Gasteiger partial charge on any atom is 0.469 e. The van der Waals surface area contributed by atoms with Crippen molar-refractivity contribution in [3.05, 3.63) is 16.7 Å². The van der Waals surface area contributed by atoms with Gasteiger partial charge in [-0.1, -0.05) is 0 Å². The smallest absolute Gasteiger partial charge is 0.394 e. The Hall–Kier alpha value is -1.82. The van der Waals surface area contributed by atoms with Gasteiger partial charge < -0.3 is 25.4 Å². The Labute approximate surface area is 128 Å². The average Bonchev–Trinajstić information content (AvgIpc) is 3.00. The largest absolute Gasteiger partial charge is 0.469 e. The van der Waals surface area contributed by atoms with Crippen LogP contribution in [0.5, 0.6) is 0 Å². The summed E-state index contributed by atoms with van der Waals surface area (Å²) in [4.78, 5) is 39.8. The number of aliphatic hydroxyl groups excluding tert-OH is 1. The summed E-state index contributed by atoms with van der Waals surface area (Å²) < 4.78 is 22.5. The zero-order valence-electron chi connectivity index (χ0n) is 11.6. The van der Waals surface area contributed by atoms with Crippen LogP contribution in [0.15, 0.2) is 11.1 Å². The van der Waals surface area contributed by atoms with Gasteiger partial charge in [0.15, 0.2) is 11.2 Å². The number of rotatable bonds is 4. The van der Waals surface area contributed by atoms with Gasteiger partial charge in [0.2, 0.25) is 5.95 Å². The standard InChI is InChI=1S/C10H14N5O7P/c11-10-13-8-7(9(17)14-10)12-3-15(8)6-1-4(5(2-16)21-6)22-23(18,19)20/h3-6,16H,1-2H2,(H2,18,19,20)(H3,11,13,14,17). The topological polar surface area (TPSA) is 186 Å². The van der Waals surface area contributed by atoms with E-state index in [4.69, 9.17) is 20.3 Å². The lowest BCUT2D eigenvalue weighted by molar-refractivity contribution is -0.0425. The lowest BCUT2D eigenvalue weighted by atomic mass is 10.2. The number of aromatic nitrogens is 4. The van der Waals surface area contributed by atoms with Crippen LogP contribution in [-0.2, 0) is 13.8 Å². The second-order valence-corrected chi connectivity index (χ2v) is 6.15. The number of H-pyrrole nitrogens is 1. The molecule has 126 valence electrons. The minimum atomic E-state index is -4.74. The number of ether oxygens (including phenoxy) is 1. The molecule has 3 rings (SSSR count). The van der Waals surface area contributed by atoms with Crippen molar-refractivity contribution in [1.29, 1.82) is 0 Å². The van der Waals surface area contributed by atoms with Crippen molar-refractivity contribution in [2.24, 2.45) is 0 Å². The van der Waals surface area contributed by atoms with Crippen LogP contribution in [0.2, 0.25) is 0 Å². The van der Waals surface area contributed by atoms with E-state index in [0.29, 0.717) is 0 Å². The number of aliphatic hydroxyl groups is 1. The number of anilines is 1. The number of phosphoric acid groups is 1. The Morgan fingerprint density at radius 2 is 2.30 bits per heavy atom. The van der Waals surface area contributed by atoms with Crippen LogP contribution >= 0.6 is 7.82 Å². The van der Waals surface area contributed by atoms with Crippen molar-refractivity contribution in [2.75, 3.05) is 12.3 Å². The number of nitrogens with zero attached hydrogens (tertiary/aromatic N) is 3. The van der Waals surface area contributed by atoms with Gasteiger partial charge in [0.25, 0.3) is 5.56 Å². The van der Waals surface area contributed by atoms with E-state index in [-0.39, 0.29) is 23.5 Å². The van der Waals surface area contributed by atoms with Crippen molar-refractivity contribution in [1.82, 2.24) is 19.5 Å². The molecule has 1 saturated heterocycles. The van der Waals surface area contributed by atoms with E-state index >= 15 is 0 Å². The maximum atomic E-state index is 11.7. The zero-order chi connectivity index (χ0) is 16.8. The van der Waals surface area contributed by atoms with Gasteiger partial charge >= 0.3 is 7.82 Å². The quantitative estimate of drug-likeness (QED) is 0.406. The predicted molar refractivity (Wildman–Crippen MR) is 75.1 cm³/mol. The molecular formula is C10H14N5O7P. The van der Waals surface area contributed by atoms with Gasteiger partial charge in [-0.15, -0.1) is 0 Å². The SMILES string of the molecule is Nc1nc2c(ncn2C2CC(OP(=O)(O)O)C(CO)O2)c(=O)[nH]1. The van der Waals surface area contributed by atoms with Crippen LogP contribution in [0.3, 0.4) is 0 Å². The summed E-state index contributed by atoms with van der Waals surface area (Å²) in [5, 5.41) is 9.28. The monoisotopic (exact) mass is 347 g/mol. The van der Waals surface area contributed by atoms with Crippen molar-refractivity contribution < 1.29 is 28.7 Å².